The van der Waals surface area contributed by atoms with E-state index in [1.54, 1.807) is 0 Å². The molecule has 0 spiro atoms. The third-order valence-corrected chi connectivity index (χ3v) is 14.7. The van der Waals surface area contributed by atoms with Gasteiger partial charge >= 0.3 is 0 Å². The van der Waals surface area contributed by atoms with Crippen LogP contribution in [0.3, 0.4) is 0 Å². The fraction of sp³-hybridized carbons (Fsp3) is 0.143. The highest BCUT2D eigenvalue weighted by Crippen LogP contribution is 2.67. The lowest BCUT2D eigenvalue weighted by Crippen LogP contribution is -2.50. The van der Waals surface area contributed by atoms with Gasteiger partial charge in [-0.1, -0.05) is 211 Å². The molecule has 11 aromatic rings. The Labute approximate surface area is 370 Å². The Balaban J connectivity index is 1.05. The zero-order valence-corrected chi connectivity index (χ0v) is 37.0. The van der Waals surface area contributed by atoms with Crippen LogP contribution in [0.5, 0.6) is 0 Å². The van der Waals surface area contributed by atoms with E-state index in [1.165, 1.54) is 120 Å². The number of rotatable bonds is 3. The van der Waals surface area contributed by atoms with E-state index in [-0.39, 0.29) is 16.2 Å². The quantitative estimate of drug-likeness (QED) is 0.123. The second-order valence-corrected chi connectivity index (χ2v) is 20.0. The molecule has 12 rings (SSSR count). The van der Waals surface area contributed by atoms with E-state index in [9.17, 15) is 0 Å². The highest BCUT2D eigenvalue weighted by molar-refractivity contribution is 6.22. The maximum absolute atomic E-state index is 2.53. The van der Waals surface area contributed by atoms with Crippen LogP contribution in [-0.2, 0) is 5.41 Å². The molecular weight excluding hydrogens is 757 g/mol. The first-order chi connectivity index (χ1) is 30.5. The second-order valence-electron chi connectivity index (χ2n) is 20.0. The number of benzene rings is 11. The molecule has 0 heteroatoms. The van der Waals surface area contributed by atoms with Gasteiger partial charge in [0, 0.05) is 5.41 Å². The Bertz CT molecular complexity index is 3610. The molecule has 63 heavy (non-hydrogen) atoms. The summed E-state index contributed by atoms with van der Waals surface area (Å²) in [5, 5.41) is 15.5. The van der Waals surface area contributed by atoms with Crippen molar-refractivity contribution in [2.24, 2.45) is 10.8 Å². The van der Waals surface area contributed by atoms with E-state index < -0.39 is 0 Å². The van der Waals surface area contributed by atoms with Crippen molar-refractivity contribution >= 4 is 64.6 Å². The monoisotopic (exact) mass is 806 g/mol. The minimum absolute atomic E-state index is 0.0837. The van der Waals surface area contributed by atoms with Crippen molar-refractivity contribution in [3.63, 3.8) is 0 Å². The molecule has 0 bridgehead atoms. The van der Waals surface area contributed by atoms with Gasteiger partial charge in [-0.25, -0.2) is 0 Å². The van der Waals surface area contributed by atoms with Gasteiger partial charge in [0.1, 0.15) is 0 Å². The summed E-state index contributed by atoms with van der Waals surface area (Å²) in [6, 6.07) is 73.3. The van der Waals surface area contributed by atoms with Crippen molar-refractivity contribution in [2.75, 3.05) is 0 Å². The highest BCUT2D eigenvalue weighted by Gasteiger charge is 2.58. The van der Waals surface area contributed by atoms with E-state index in [0.29, 0.717) is 0 Å². The Morgan fingerprint density at radius 3 is 1.29 bits per heavy atom. The SMILES string of the molecule is CC(C)(C)C1(C(C)(C)C)c2cc3ccccc3cc2-c2c1c1ccc(-c3ccc(-c4c5ccccc5c(-c5ccc6ccccc6c5)c5ccccc45)cc3)cc1c1ccccc21. The molecular formula is C63H50. The topological polar surface area (TPSA) is 0 Å². The lowest BCUT2D eigenvalue weighted by Gasteiger charge is -2.53. The van der Waals surface area contributed by atoms with Crippen molar-refractivity contribution in [2.45, 2.75) is 47.0 Å². The summed E-state index contributed by atoms with van der Waals surface area (Å²) in [5.74, 6) is 0. The standard InChI is InChI=1S/C63H50/c1-61(2,3)63(62(4,5)6)56-38-44-20-10-9-19-43(44)37-55(56)59-48-22-12-11-21-47(48)54-36-45(33-34-53(54)60(59)63)40-27-30-41(31-28-40)57-49-23-13-15-25-51(49)58(52-26-16-14-24-50(52)57)46-32-29-39-17-7-8-18-42(39)35-46/h7-38H,1-6H3. The Morgan fingerprint density at radius 2 is 0.714 bits per heavy atom. The molecule has 0 unspecified atom stereocenters. The van der Waals surface area contributed by atoms with Crippen LogP contribution < -0.4 is 0 Å². The second kappa shape index (κ2) is 13.5. The van der Waals surface area contributed by atoms with Crippen molar-refractivity contribution in [1.29, 1.82) is 0 Å². The summed E-state index contributed by atoms with van der Waals surface area (Å²) in [6.45, 7) is 14.8. The summed E-state index contributed by atoms with van der Waals surface area (Å²) in [7, 11) is 0. The van der Waals surface area contributed by atoms with Crippen molar-refractivity contribution < 1.29 is 0 Å². The van der Waals surface area contributed by atoms with Crippen LogP contribution in [0.2, 0.25) is 0 Å². The molecule has 0 nitrogen and oxygen atoms in total. The van der Waals surface area contributed by atoms with Gasteiger partial charge in [-0.2, -0.15) is 0 Å². The van der Waals surface area contributed by atoms with Crippen molar-refractivity contribution in [3.05, 3.63) is 205 Å². The normalized spacial score (nSPS) is 13.7. The zero-order chi connectivity index (χ0) is 42.8. The van der Waals surface area contributed by atoms with Gasteiger partial charge in [0.25, 0.3) is 0 Å². The van der Waals surface area contributed by atoms with Crippen LogP contribution in [0, 0.1) is 10.8 Å². The predicted molar refractivity (Wildman–Crippen MR) is 273 cm³/mol. The first kappa shape index (κ1) is 37.7. The number of hydrogen-bond acceptors (Lipinski definition) is 0. The molecule has 0 aromatic heterocycles. The van der Waals surface area contributed by atoms with E-state index in [4.69, 9.17) is 0 Å². The van der Waals surface area contributed by atoms with Gasteiger partial charge in [0.15, 0.2) is 0 Å². The van der Waals surface area contributed by atoms with E-state index in [1.807, 2.05) is 0 Å². The molecule has 0 heterocycles. The highest BCUT2D eigenvalue weighted by atomic mass is 14.6. The lowest BCUT2D eigenvalue weighted by molar-refractivity contribution is 0.0965. The summed E-state index contributed by atoms with van der Waals surface area (Å²) >= 11 is 0. The summed E-state index contributed by atoms with van der Waals surface area (Å²) < 4.78 is 0. The lowest BCUT2D eigenvalue weighted by atomic mass is 9.49. The van der Waals surface area contributed by atoms with Gasteiger partial charge in [-0.3, -0.25) is 0 Å². The van der Waals surface area contributed by atoms with Gasteiger partial charge in [-0.05, 0) is 155 Å². The van der Waals surface area contributed by atoms with Gasteiger partial charge < -0.3 is 0 Å². The Morgan fingerprint density at radius 1 is 0.286 bits per heavy atom. The van der Waals surface area contributed by atoms with Crippen LogP contribution in [0.15, 0.2) is 194 Å². The Kier molecular flexibility index (Phi) is 8.08. The minimum Gasteiger partial charge on any atom is -0.0616 e. The van der Waals surface area contributed by atoms with Crippen LogP contribution in [0.25, 0.3) is 109 Å². The molecule has 1 aliphatic rings. The van der Waals surface area contributed by atoms with Gasteiger partial charge in [0.05, 0.1) is 0 Å². The molecule has 0 saturated carbocycles. The third kappa shape index (κ3) is 5.34. The molecule has 0 amide bonds. The van der Waals surface area contributed by atoms with Crippen molar-refractivity contribution in [1.82, 2.24) is 0 Å². The number of hydrogen-bond donors (Lipinski definition) is 0. The van der Waals surface area contributed by atoms with Gasteiger partial charge in [-0.15, -0.1) is 0 Å². The average molecular weight is 807 g/mol. The Hall–Kier alpha value is -7.02. The first-order valence-electron chi connectivity index (χ1n) is 22.6. The van der Waals surface area contributed by atoms with E-state index >= 15 is 0 Å². The minimum atomic E-state index is -0.254. The average Bonchev–Trinajstić information content (AvgIpc) is 3.62. The van der Waals surface area contributed by atoms with Crippen LogP contribution in [0.1, 0.15) is 52.7 Å². The maximum Gasteiger partial charge on any atom is 0.0318 e. The maximum atomic E-state index is 2.53. The van der Waals surface area contributed by atoms with Crippen molar-refractivity contribution in [3.8, 4) is 44.5 Å². The molecule has 1 aliphatic carbocycles. The fourth-order valence-electron chi connectivity index (χ4n) is 12.5. The first-order valence-corrected chi connectivity index (χ1v) is 22.6. The molecule has 0 radical (unpaired) electrons. The smallest absolute Gasteiger partial charge is 0.0318 e. The molecule has 302 valence electrons. The van der Waals surface area contributed by atoms with Crippen LogP contribution in [-0.4, -0.2) is 0 Å². The summed E-state index contributed by atoms with van der Waals surface area (Å²) in [5.41, 5.74) is 12.8. The van der Waals surface area contributed by atoms with Crippen LogP contribution in [0.4, 0.5) is 0 Å². The fourth-order valence-corrected chi connectivity index (χ4v) is 12.5. The molecule has 0 fully saturated rings. The number of fused-ring (bicyclic) bond motifs is 12. The van der Waals surface area contributed by atoms with E-state index in [2.05, 4.69) is 236 Å². The predicted octanol–water partition coefficient (Wildman–Crippen LogP) is 18.0. The molecule has 0 saturated heterocycles. The molecule has 0 N–H and O–H groups in total. The third-order valence-electron chi connectivity index (χ3n) is 14.7. The molecule has 11 aromatic carbocycles. The van der Waals surface area contributed by atoms with Crippen LogP contribution >= 0.6 is 0 Å². The van der Waals surface area contributed by atoms with E-state index in [0.717, 1.165) is 0 Å². The largest absolute Gasteiger partial charge is 0.0616 e. The summed E-state index contributed by atoms with van der Waals surface area (Å²) in [6.07, 6.45) is 0. The van der Waals surface area contributed by atoms with Gasteiger partial charge in [0.2, 0.25) is 0 Å². The zero-order valence-electron chi connectivity index (χ0n) is 37.0. The molecule has 0 aliphatic heterocycles. The molecule has 0 atom stereocenters. The summed E-state index contributed by atoms with van der Waals surface area (Å²) in [4.78, 5) is 0.